The molecule has 0 bridgehead atoms. The fourth-order valence-corrected chi connectivity index (χ4v) is 3.69. The van der Waals surface area contributed by atoms with Crippen molar-refractivity contribution in [1.82, 2.24) is 19.8 Å². The van der Waals surface area contributed by atoms with Gasteiger partial charge in [-0.3, -0.25) is 9.79 Å². The molecular weight excluding hydrogens is 469 g/mol. The summed E-state index contributed by atoms with van der Waals surface area (Å²) in [5.74, 6) is 1.00. The van der Waals surface area contributed by atoms with Crippen molar-refractivity contribution in [2.75, 3.05) is 46.5 Å². The van der Waals surface area contributed by atoms with Crippen LogP contribution in [0.25, 0.3) is 0 Å². The van der Waals surface area contributed by atoms with E-state index in [0.717, 1.165) is 19.4 Å². The molecule has 0 radical (unpaired) electrons. The first-order valence-electron chi connectivity index (χ1n) is 8.60. The van der Waals surface area contributed by atoms with Crippen LogP contribution >= 0.6 is 24.0 Å². The molecule has 1 aliphatic rings. The predicted molar refractivity (Wildman–Crippen MR) is 116 cm³/mol. The van der Waals surface area contributed by atoms with Crippen LogP contribution in [0.3, 0.4) is 0 Å². The number of guanidine groups is 1. The van der Waals surface area contributed by atoms with Crippen molar-refractivity contribution in [3.8, 4) is 0 Å². The van der Waals surface area contributed by atoms with Crippen LogP contribution < -0.4 is 10.6 Å². The number of rotatable bonds is 5. The van der Waals surface area contributed by atoms with Gasteiger partial charge in [0.1, 0.15) is 0 Å². The van der Waals surface area contributed by atoms with Gasteiger partial charge in [0.05, 0.1) is 12.8 Å². The number of likely N-dealkylation sites (N-methyl/N-ethyl adjacent to an activating group) is 1. The quantitative estimate of drug-likeness (QED) is 0.327. The maximum absolute atomic E-state index is 12.0. The van der Waals surface area contributed by atoms with E-state index < -0.39 is 10.0 Å². The molecule has 0 aliphatic carbocycles. The highest BCUT2D eigenvalue weighted by Gasteiger charge is 2.25. The highest BCUT2D eigenvalue weighted by molar-refractivity contribution is 14.0. The summed E-state index contributed by atoms with van der Waals surface area (Å²) >= 11 is 0. The summed E-state index contributed by atoms with van der Waals surface area (Å²) in [5, 5.41) is 6.22. The molecule has 154 valence electrons. The van der Waals surface area contributed by atoms with Crippen LogP contribution in [-0.4, -0.2) is 81.6 Å². The summed E-state index contributed by atoms with van der Waals surface area (Å²) in [6, 6.07) is 0. The normalized spacial score (nSPS) is 17.4. The van der Waals surface area contributed by atoms with E-state index in [1.165, 1.54) is 10.6 Å². The standard InChI is InChI=1S/C16H33N5O3S.HI/c1-16(2,3)19-14(22)12-20(5)15(17-4)18-11-13-7-9-21(10-8-13)25(6,23)24;/h13H,7-12H2,1-6H3,(H,17,18)(H,19,22);1H. The first-order valence-corrected chi connectivity index (χ1v) is 10.4. The summed E-state index contributed by atoms with van der Waals surface area (Å²) in [6.45, 7) is 7.91. The predicted octanol–water partition coefficient (Wildman–Crippen LogP) is 0.698. The maximum Gasteiger partial charge on any atom is 0.240 e. The SMILES string of the molecule is CN=C(NCC1CCN(S(C)(=O)=O)CC1)N(C)CC(=O)NC(C)(C)C.I. The number of piperidine rings is 1. The molecule has 1 amide bonds. The lowest BCUT2D eigenvalue weighted by atomic mass is 9.98. The molecule has 0 atom stereocenters. The fraction of sp³-hybridized carbons (Fsp3) is 0.875. The lowest BCUT2D eigenvalue weighted by Crippen LogP contribution is -2.49. The van der Waals surface area contributed by atoms with E-state index in [-0.39, 0.29) is 42.0 Å². The molecule has 1 saturated heterocycles. The molecule has 1 heterocycles. The van der Waals surface area contributed by atoms with E-state index in [1.54, 1.807) is 11.9 Å². The number of carbonyl (C=O) groups is 1. The number of hydrogen-bond acceptors (Lipinski definition) is 4. The van der Waals surface area contributed by atoms with Gasteiger partial charge in [0.25, 0.3) is 0 Å². The number of sulfonamides is 1. The van der Waals surface area contributed by atoms with Crippen LogP contribution in [0.5, 0.6) is 0 Å². The molecule has 1 fully saturated rings. The van der Waals surface area contributed by atoms with Gasteiger partial charge in [0, 0.05) is 39.3 Å². The first kappa shape index (κ1) is 25.4. The Labute approximate surface area is 175 Å². The fourth-order valence-electron chi connectivity index (χ4n) is 2.81. The van der Waals surface area contributed by atoms with Gasteiger partial charge < -0.3 is 15.5 Å². The highest BCUT2D eigenvalue weighted by atomic mass is 127. The molecule has 26 heavy (non-hydrogen) atoms. The van der Waals surface area contributed by atoms with Crippen molar-refractivity contribution in [3.05, 3.63) is 0 Å². The van der Waals surface area contributed by atoms with Crippen molar-refractivity contribution in [2.45, 2.75) is 39.2 Å². The average Bonchev–Trinajstić information content (AvgIpc) is 2.45. The Hall–Kier alpha value is -0.620. The third-order valence-corrected chi connectivity index (χ3v) is 5.36. The third-order valence-electron chi connectivity index (χ3n) is 4.06. The first-order chi connectivity index (χ1) is 11.4. The zero-order valence-corrected chi connectivity index (χ0v) is 19.8. The Morgan fingerprint density at radius 1 is 1.27 bits per heavy atom. The second kappa shape index (κ2) is 10.6. The third kappa shape index (κ3) is 9.36. The van der Waals surface area contributed by atoms with Crippen LogP contribution in [0.2, 0.25) is 0 Å². The van der Waals surface area contributed by atoms with E-state index in [4.69, 9.17) is 0 Å². The monoisotopic (exact) mass is 503 g/mol. The van der Waals surface area contributed by atoms with Gasteiger partial charge in [0.15, 0.2) is 5.96 Å². The van der Waals surface area contributed by atoms with Crippen LogP contribution in [0.1, 0.15) is 33.6 Å². The van der Waals surface area contributed by atoms with Crippen LogP contribution in [-0.2, 0) is 14.8 Å². The van der Waals surface area contributed by atoms with Gasteiger partial charge in [-0.1, -0.05) is 0 Å². The average molecular weight is 503 g/mol. The van der Waals surface area contributed by atoms with E-state index in [9.17, 15) is 13.2 Å². The Kier molecular flexibility index (Phi) is 10.4. The molecule has 0 saturated carbocycles. The van der Waals surface area contributed by atoms with Gasteiger partial charge in [-0.2, -0.15) is 0 Å². The second-order valence-electron chi connectivity index (χ2n) is 7.69. The number of carbonyl (C=O) groups excluding carboxylic acids is 1. The van der Waals surface area contributed by atoms with Crippen LogP contribution in [0, 0.1) is 5.92 Å². The number of nitrogens with one attached hydrogen (secondary N) is 2. The lowest BCUT2D eigenvalue weighted by molar-refractivity contribution is -0.122. The molecule has 10 heteroatoms. The molecule has 0 spiro atoms. The van der Waals surface area contributed by atoms with Gasteiger partial charge in [-0.25, -0.2) is 12.7 Å². The van der Waals surface area contributed by atoms with E-state index in [2.05, 4.69) is 15.6 Å². The van der Waals surface area contributed by atoms with Gasteiger partial charge in [0.2, 0.25) is 15.9 Å². The maximum atomic E-state index is 12.0. The molecule has 1 rings (SSSR count). The second-order valence-corrected chi connectivity index (χ2v) is 9.67. The van der Waals surface area contributed by atoms with Gasteiger partial charge in [-0.05, 0) is 39.5 Å². The molecule has 0 aromatic heterocycles. The van der Waals surface area contributed by atoms with E-state index in [1.807, 2.05) is 27.8 Å². The molecule has 1 aliphatic heterocycles. The molecule has 2 N–H and O–H groups in total. The minimum atomic E-state index is -3.09. The summed E-state index contributed by atoms with van der Waals surface area (Å²) in [7, 11) is 0.420. The Balaban J connectivity index is 0.00000625. The minimum Gasteiger partial charge on any atom is -0.356 e. The van der Waals surface area contributed by atoms with Gasteiger partial charge in [-0.15, -0.1) is 24.0 Å². The summed E-state index contributed by atoms with van der Waals surface area (Å²) < 4.78 is 24.6. The number of nitrogens with zero attached hydrogens (tertiary/aromatic N) is 3. The Morgan fingerprint density at radius 2 is 1.81 bits per heavy atom. The summed E-state index contributed by atoms with van der Waals surface area (Å²) in [4.78, 5) is 18.0. The lowest BCUT2D eigenvalue weighted by Gasteiger charge is -2.31. The van der Waals surface area contributed by atoms with Crippen molar-refractivity contribution >= 4 is 45.9 Å². The van der Waals surface area contributed by atoms with Gasteiger partial charge >= 0.3 is 0 Å². The molecule has 0 aromatic carbocycles. The van der Waals surface area contributed by atoms with Crippen molar-refractivity contribution in [2.24, 2.45) is 10.9 Å². The Morgan fingerprint density at radius 3 is 2.23 bits per heavy atom. The number of amides is 1. The van der Waals surface area contributed by atoms with Crippen molar-refractivity contribution in [1.29, 1.82) is 0 Å². The van der Waals surface area contributed by atoms with Crippen LogP contribution in [0.15, 0.2) is 4.99 Å². The molecule has 8 nitrogen and oxygen atoms in total. The Bertz CT molecular complexity index is 581. The topological polar surface area (TPSA) is 94.1 Å². The summed E-state index contributed by atoms with van der Waals surface area (Å²) in [5.41, 5.74) is -0.261. The molecular formula is C16H34IN5O3S. The molecule has 0 unspecified atom stereocenters. The van der Waals surface area contributed by atoms with Crippen LogP contribution in [0.4, 0.5) is 0 Å². The summed E-state index contributed by atoms with van der Waals surface area (Å²) in [6.07, 6.45) is 2.90. The number of halogens is 1. The molecule has 0 aromatic rings. The highest BCUT2D eigenvalue weighted by Crippen LogP contribution is 2.18. The van der Waals surface area contributed by atoms with E-state index >= 15 is 0 Å². The largest absolute Gasteiger partial charge is 0.356 e. The van der Waals surface area contributed by atoms with Crippen molar-refractivity contribution < 1.29 is 13.2 Å². The zero-order chi connectivity index (χ0) is 19.3. The number of hydrogen-bond donors (Lipinski definition) is 2. The smallest absolute Gasteiger partial charge is 0.240 e. The number of aliphatic imine (C=N–C) groups is 1. The minimum absolute atomic E-state index is 0. The van der Waals surface area contributed by atoms with E-state index in [0.29, 0.717) is 25.0 Å². The van der Waals surface area contributed by atoms with Crippen molar-refractivity contribution in [3.63, 3.8) is 0 Å². The zero-order valence-electron chi connectivity index (χ0n) is 16.7.